The lowest BCUT2D eigenvalue weighted by Crippen LogP contribution is -2.32. The van der Waals surface area contributed by atoms with E-state index in [0.717, 1.165) is 32.6 Å². The van der Waals surface area contributed by atoms with E-state index in [1.165, 1.54) is 6.42 Å². The highest BCUT2D eigenvalue weighted by atomic mass is 16.2. The molecule has 1 aliphatic heterocycles. The summed E-state index contributed by atoms with van der Waals surface area (Å²) in [5.74, 6) is 0.481. The number of carbonyl (C=O) groups excluding carboxylic acids is 2. The van der Waals surface area contributed by atoms with Crippen molar-refractivity contribution in [2.45, 2.75) is 33.6 Å². The maximum absolute atomic E-state index is 11.7. The van der Waals surface area contributed by atoms with Crippen molar-refractivity contribution in [2.24, 2.45) is 23.5 Å². The lowest BCUT2D eigenvalue weighted by Gasteiger charge is -2.18. The molecule has 0 bridgehead atoms. The minimum absolute atomic E-state index is 0.0968. The van der Waals surface area contributed by atoms with Gasteiger partial charge in [0.25, 0.3) is 0 Å². The normalized spacial score (nSPS) is 21.1. The Kier molecular flexibility index (Phi) is 6.99. The smallest absolute Gasteiger partial charge is 0.223 e. The van der Waals surface area contributed by atoms with E-state index in [1.807, 2.05) is 0 Å². The van der Waals surface area contributed by atoms with Crippen LogP contribution in [0.1, 0.15) is 33.6 Å². The molecule has 0 aliphatic carbocycles. The monoisotopic (exact) mass is 282 g/mol. The molecular formula is C15H28N3O2. The standard InChI is InChI=1S/C15H28N3O2/c1-11(2)9-18-7-6-13(10-18)8-17-14(19)5-4-12(3)15(16)20/h5,11-13H,4,6-10H2,1-3H3,(H2,16,20)(H,17,19)/t12?,13-/m0/s1. The number of likely N-dealkylation sites (tertiary alicyclic amines) is 1. The Morgan fingerprint density at radius 3 is 2.70 bits per heavy atom. The van der Waals surface area contributed by atoms with Crippen molar-refractivity contribution in [2.75, 3.05) is 26.2 Å². The van der Waals surface area contributed by atoms with Gasteiger partial charge < -0.3 is 16.0 Å². The number of nitrogens with one attached hydrogen (secondary N) is 1. The maximum Gasteiger partial charge on any atom is 0.223 e. The van der Waals surface area contributed by atoms with Gasteiger partial charge in [-0.05, 0) is 31.2 Å². The third kappa shape index (κ3) is 6.37. The summed E-state index contributed by atoms with van der Waals surface area (Å²) < 4.78 is 0. The zero-order valence-corrected chi connectivity index (χ0v) is 12.9. The molecule has 2 amide bonds. The van der Waals surface area contributed by atoms with Gasteiger partial charge in [-0.25, -0.2) is 0 Å². The molecule has 0 aromatic rings. The molecule has 0 spiro atoms. The van der Waals surface area contributed by atoms with Crippen molar-refractivity contribution in [3.8, 4) is 0 Å². The van der Waals surface area contributed by atoms with E-state index in [-0.39, 0.29) is 17.7 Å². The van der Waals surface area contributed by atoms with Crippen molar-refractivity contribution < 1.29 is 9.59 Å². The molecule has 2 atom stereocenters. The SMILES string of the molecule is CC(C)CN1CC[C@@H](CNC(=O)[CH]CC(C)C(N)=O)C1. The first-order valence-corrected chi connectivity index (χ1v) is 7.51. The number of hydrogen-bond acceptors (Lipinski definition) is 3. The van der Waals surface area contributed by atoms with Crippen LogP contribution < -0.4 is 11.1 Å². The van der Waals surface area contributed by atoms with Gasteiger partial charge in [0.1, 0.15) is 0 Å². The fraction of sp³-hybridized carbons (Fsp3) is 0.800. The molecule has 5 heteroatoms. The number of amides is 2. The summed E-state index contributed by atoms with van der Waals surface area (Å²) in [6.07, 6.45) is 3.08. The summed E-state index contributed by atoms with van der Waals surface area (Å²) >= 11 is 0. The third-order valence-electron chi connectivity index (χ3n) is 3.70. The summed E-state index contributed by atoms with van der Waals surface area (Å²) in [5.41, 5.74) is 5.15. The Morgan fingerprint density at radius 2 is 2.10 bits per heavy atom. The van der Waals surface area contributed by atoms with Crippen LogP contribution in [0.4, 0.5) is 0 Å². The Hall–Kier alpha value is -1.10. The summed E-state index contributed by atoms with van der Waals surface area (Å²) in [6, 6.07) is 0. The molecule has 1 rings (SSSR count). The van der Waals surface area contributed by atoms with Gasteiger partial charge in [-0.2, -0.15) is 0 Å². The Balaban J connectivity index is 2.14. The zero-order chi connectivity index (χ0) is 15.1. The molecule has 3 N–H and O–H groups in total. The van der Waals surface area contributed by atoms with E-state index in [9.17, 15) is 9.59 Å². The predicted octanol–water partition coefficient (Wildman–Crippen LogP) is 0.796. The minimum atomic E-state index is -0.367. The molecule has 115 valence electrons. The minimum Gasteiger partial charge on any atom is -0.369 e. The average Bonchev–Trinajstić information content (AvgIpc) is 2.79. The first-order valence-electron chi connectivity index (χ1n) is 7.51. The van der Waals surface area contributed by atoms with Crippen LogP contribution in [0.2, 0.25) is 0 Å². The first kappa shape index (κ1) is 17.0. The summed E-state index contributed by atoms with van der Waals surface area (Å²) in [4.78, 5) is 25.0. The highest BCUT2D eigenvalue weighted by molar-refractivity contribution is 5.85. The first-order chi connectivity index (χ1) is 9.38. The fourth-order valence-corrected chi connectivity index (χ4v) is 2.48. The second-order valence-corrected chi connectivity index (χ2v) is 6.30. The van der Waals surface area contributed by atoms with E-state index in [2.05, 4.69) is 24.1 Å². The molecule has 1 fully saturated rings. The van der Waals surface area contributed by atoms with Gasteiger partial charge in [0.05, 0.1) is 6.42 Å². The highest BCUT2D eigenvalue weighted by Crippen LogP contribution is 2.16. The van der Waals surface area contributed by atoms with Crippen molar-refractivity contribution in [3.63, 3.8) is 0 Å². The average molecular weight is 282 g/mol. The van der Waals surface area contributed by atoms with Crippen LogP contribution in [-0.2, 0) is 9.59 Å². The van der Waals surface area contributed by atoms with Crippen molar-refractivity contribution >= 4 is 11.8 Å². The van der Waals surface area contributed by atoms with E-state index >= 15 is 0 Å². The number of hydrogen-bond donors (Lipinski definition) is 2. The molecule has 1 heterocycles. The molecule has 1 radical (unpaired) electrons. The fourth-order valence-electron chi connectivity index (χ4n) is 2.48. The molecular weight excluding hydrogens is 254 g/mol. The highest BCUT2D eigenvalue weighted by Gasteiger charge is 2.23. The molecule has 20 heavy (non-hydrogen) atoms. The largest absolute Gasteiger partial charge is 0.369 e. The van der Waals surface area contributed by atoms with E-state index in [1.54, 1.807) is 6.92 Å². The molecule has 1 aliphatic rings. The quantitative estimate of drug-likeness (QED) is 0.691. The number of primary amides is 1. The Bertz CT molecular complexity index is 331. The topological polar surface area (TPSA) is 75.4 Å². The second kappa shape index (κ2) is 8.25. The van der Waals surface area contributed by atoms with Crippen molar-refractivity contribution in [1.29, 1.82) is 0 Å². The van der Waals surface area contributed by atoms with Gasteiger partial charge in [-0.1, -0.05) is 20.8 Å². The lowest BCUT2D eigenvalue weighted by atomic mass is 10.0. The Morgan fingerprint density at radius 1 is 1.40 bits per heavy atom. The zero-order valence-electron chi connectivity index (χ0n) is 12.9. The van der Waals surface area contributed by atoms with Gasteiger partial charge in [0.2, 0.25) is 11.8 Å². The molecule has 1 unspecified atom stereocenters. The molecule has 5 nitrogen and oxygen atoms in total. The lowest BCUT2D eigenvalue weighted by molar-refractivity contribution is -0.121. The summed E-state index contributed by atoms with van der Waals surface area (Å²) in [5, 5.41) is 2.92. The van der Waals surface area contributed by atoms with Crippen LogP contribution in [-0.4, -0.2) is 42.9 Å². The van der Waals surface area contributed by atoms with Crippen LogP contribution in [0.25, 0.3) is 0 Å². The van der Waals surface area contributed by atoms with Gasteiger partial charge in [-0.15, -0.1) is 0 Å². The van der Waals surface area contributed by atoms with Crippen molar-refractivity contribution in [3.05, 3.63) is 6.42 Å². The number of rotatable bonds is 8. The number of nitrogens with two attached hydrogens (primary N) is 1. The molecule has 1 saturated heterocycles. The Labute approximate surface area is 122 Å². The van der Waals surface area contributed by atoms with Crippen LogP contribution in [0.5, 0.6) is 0 Å². The molecule has 0 aromatic carbocycles. The van der Waals surface area contributed by atoms with E-state index in [4.69, 9.17) is 5.73 Å². The van der Waals surface area contributed by atoms with Gasteiger partial charge >= 0.3 is 0 Å². The maximum atomic E-state index is 11.7. The second-order valence-electron chi connectivity index (χ2n) is 6.30. The number of nitrogens with zero attached hydrogens (tertiary/aromatic N) is 1. The predicted molar refractivity (Wildman–Crippen MR) is 79.7 cm³/mol. The van der Waals surface area contributed by atoms with Gasteiger partial charge in [0, 0.05) is 25.6 Å². The van der Waals surface area contributed by atoms with Gasteiger partial charge in [0.15, 0.2) is 0 Å². The van der Waals surface area contributed by atoms with Crippen LogP contribution in [0.15, 0.2) is 0 Å². The van der Waals surface area contributed by atoms with E-state index in [0.29, 0.717) is 18.3 Å². The van der Waals surface area contributed by atoms with Crippen LogP contribution in [0.3, 0.4) is 0 Å². The van der Waals surface area contributed by atoms with Crippen molar-refractivity contribution in [1.82, 2.24) is 10.2 Å². The van der Waals surface area contributed by atoms with Gasteiger partial charge in [-0.3, -0.25) is 9.59 Å². The molecule has 0 aromatic heterocycles. The summed E-state index contributed by atoms with van der Waals surface area (Å²) in [7, 11) is 0. The van der Waals surface area contributed by atoms with Crippen LogP contribution in [0, 0.1) is 24.2 Å². The third-order valence-corrected chi connectivity index (χ3v) is 3.70. The molecule has 0 saturated carbocycles. The summed E-state index contributed by atoms with van der Waals surface area (Å²) in [6.45, 7) is 10.2. The number of carbonyl (C=O) groups is 2. The van der Waals surface area contributed by atoms with Crippen LogP contribution >= 0.6 is 0 Å². The van der Waals surface area contributed by atoms with E-state index < -0.39 is 0 Å².